The van der Waals surface area contributed by atoms with Crippen LogP contribution in [-0.2, 0) is 0 Å². The molecule has 0 fully saturated rings. The first-order chi connectivity index (χ1) is 2.77. The monoisotopic (exact) mass is 121 g/mol. The van der Waals surface area contributed by atoms with E-state index in [0.717, 1.165) is 15.2 Å². The summed E-state index contributed by atoms with van der Waals surface area (Å²) in [6.07, 6.45) is 0. The second kappa shape index (κ2) is 3.65. The molecule has 2 radical (unpaired) electrons. The predicted molar refractivity (Wildman–Crippen MR) is 30.2 cm³/mol. The molecule has 0 amide bonds. The van der Waals surface area contributed by atoms with Crippen molar-refractivity contribution in [3.05, 3.63) is 0 Å². The van der Waals surface area contributed by atoms with Crippen LogP contribution in [0.5, 0.6) is 0 Å². The maximum absolute atomic E-state index is 5.37. The average molecular weight is 122 g/mol. The van der Waals surface area contributed by atoms with E-state index < -0.39 is 0 Å². The van der Waals surface area contributed by atoms with E-state index >= 15 is 0 Å². The summed E-state index contributed by atoms with van der Waals surface area (Å²) >= 11 is 5.37. The fourth-order valence-electron chi connectivity index (χ4n) is 0.120. The minimum Gasteiger partial charge on any atom is -0.330 e. The summed E-state index contributed by atoms with van der Waals surface area (Å²) in [4.78, 5) is 0. The van der Waals surface area contributed by atoms with Crippen LogP contribution >= 0.6 is 11.6 Å². The standard InChI is InChI=1S/C3H8ClNSi/c1-5(2)6-3-4/h3H2,1-2H3. The van der Waals surface area contributed by atoms with Crippen molar-refractivity contribution >= 4 is 21.3 Å². The molecule has 3 heteroatoms. The highest BCUT2D eigenvalue weighted by atomic mass is 35.5. The summed E-state index contributed by atoms with van der Waals surface area (Å²) in [7, 11) is 4.80. The maximum Gasteiger partial charge on any atom is 0.158 e. The van der Waals surface area contributed by atoms with Crippen LogP contribution in [0.2, 0.25) is 0 Å². The van der Waals surface area contributed by atoms with Crippen LogP contribution < -0.4 is 0 Å². The van der Waals surface area contributed by atoms with Crippen LogP contribution in [0.15, 0.2) is 0 Å². The zero-order chi connectivity index (χ0) is 4.99. The molecule has 0 aliphatic rings. The van der Waals surface area contributed by atoms with Crippen molar-refractivity contribution in [1.29, 1.82) is 0 Å². The lowest BCUT2D eigenvalue weighted by molar-refractivity contribution is 0.664. The van der Waals surface area contributed by atoms with Crippen LogP contribution in [0.25, 0.3) is 0 Å². The van der Waals surface area contributed by atoms with Gasteiger partial charge in [-0.2, -0.15) is 0 Å². The van der Waals surface area contributed by atoms with E-state index in [1.807, 2.05) is 14.1 Å². The maximum atomic E-state index is 5.37. The van der Waals surface area contributed by atoms with Gasteiger partial charge >= 0.3 is 0 Å². The first-order valence-corrected chi connectivity index (χ1v) is 3.43. The lowest BCUT2D eigenvalue weighted by atomic mass is 11.3. The summed E-state index contributed by atoms with van der Waals surface area (Å²) in [6.45, 7) is 0. The normalized spacial score (nSPS) is 10.0. The highest BCUT2D eigenvalue weighted by Gasteiger charge is 1.84. The first kappa shape index (κ1) is 6.47. The van der Waals surface area contributed by atoms with Gasteiger partial charge in [-0.3, -0.25) is 0 Å². The summed E-state index contributed by atoms with van der Waals surface area (Å²) in [6, 6.07) is 0. The average Bonchev–Trinajstić information content (AvgIpc) is 1.35. The predicted octanol–water partition coefficient (Wildman–Crippen LogP) is 0.363. The molecule has 0 saturated heterocycles. The van der Waals surface area contributed by atoms with Crippen molar-refractivity contribution in [2.45, 2.75) is 0 Å². The van der Waals surface area contributed by atoms with Gasteiger partial charge in [-0.25, -0.2) is 0 Å². The Labute approximate surface area is 46.2 Å². The van der Waals surface area contributed by atoms with Crippen molar-refractivity contribution in [3.8, 4) is 0 Å². The van der Waals surface area contributed by atoms with Gasteiger partial charge in [0.05, 0.1) is 0 Å². The summed E-state index contributed by atoms with van der Waals surface area (Å²) in [5.41, 5.74) is 0.757. The largest absolute Gasteiger partial charge is 0.330 e. The molecule has 0 aromatic rings. The SMILES string of the molecule is CN(C)[Si]CCl. The van der Waals surface area contributed by atoms with Gasteiger partial charge in [-0.05, 0) is 14.1 Å². The molecule has 0 saturated carbocycles. The van der Waals surface area contributed by atoms with Crippen LogP contribution in [0.4, 0.5) is 0 Å². The second-order valence-corrected chi connectivity index (χ2v) is 3.47. The molecule has 0 unspecified atom stereocenters. The highest BCUT2D eigenvalue weighted by Crippen LogP contribution is 1.71. The molecule has 0 atom stereocenters. The third-order valence-corrected chi connectivity index (χ3v) is 1.49. The van der Waals surface area contributed by atoms with E-state index in [1.54, 1.807) is 0 Å². The van der Waals surface area contributed by atoms with E-state index in [0.29, 0.717) is 0 Å². The molecular weight excluding hydrogens is 114 g/mol. The third-order valence-electron chi connectivity index (χ3n) is 0.376. The third kappa shape index (κ3) is 4.47. The number of alkyl halides is 1. The van der Waals surface area contributed by atoms with E-state index in [4.69, 9.17) is 11.6 Å². The van der Waals surface area contributed by atoms with Gasteiger partial charge in [0.25, 0.3) is 0 Å². The molecule has 1 nitrogen and oxygen atoms in total. The first-order valence-electron chi connectivity index (χ1n) is 1.74. The molecule has 0 spiro atoms. The summed E-state index contributed by atoms with van der Waals surface area (Å²) in [5.74, 6) is 0. The van der Waals surface area contributed by atoms with E-state index in [9.17, 15) is 0 Å². The Bertz CT molecular complexity index is 32.0. The van der Waals surface area contributed by atoms with Gasteiger partial charge in [0, 0.05) is 5.50 Å². The number of hydrogen-bond acceptors (Lipinski definition) is 1. The Balaban J connectivity index is 2.63. The van der Waals surface area contributed by atoms with Gasteiger partial charge < -0.3 is 4.57 Å². The minimum absolute atomic E-state index is 0.757. The Morgan fingerprint density at radius 2 is 2.17 bits per heavy atom. The molecule has 0 aliphatic carbocycles. The smallest absolute Gasteiger partial charge is 0.158 e. The van der Waals surface area contributed by atoms with Gasteiger partial charge in [-0.15, -0.1) is 11.6 Å². The molecule has 0 N–H and O–H groups in total. The molecular formula is C3H8ClNSi. The number of nitrogens with zero attached hydrogens (tertiary/aromatic N) is 1. The van der Waals surface area contributed by atoms with Crippen molar-refractivity contribution in [1.82, 2.24) is 4.57 Å². The fraction of sp³-hybridized carbons (Fsp3) is 1.00. The van der Waals surface area contributed by atoms with Gasteiger partial charge in [-0.1, -0.05) is 0 Å². The van der Waals surface area contributed by atoms with Crippen molar-refractivity contribution < 1.29 is 0 Å². The Kier molecular flexibility index (Phi) is 3.93. The Hall–Kier alpha value is 0.467. The summed E-state index contributed by atoms with van der Waals surface area (Å²) in [5, 5.41) is 0. The number of rotatable bonds is 2. The zero-order valence-corrected chi connectivity index (χ0v) is 5.79. The molecule has 0 aliphatic heterocycles. The minimum atomic E-state index is 0.757. The van der Waals surface area contributed by atoms with Crippen LogP contribution in [0.3, 0.4) is 0 Å². The van der Waals surface area contributed by atoms with Crippen molar-refractivity contribution in [3.63, 3.8) is 0 Å². The van der Waals surface area contributed by atoms with Gasteiger partial charge in [0.15, 0.2) is 9.68 Å². The molecule has 0 heterocycles. The molecule has 0 aromatic heterocycles. The van der Waals surface area contributed by atoms with E-state index in [1.165, 1.54) is 0 Å². The van der Waals surface area contributed by atoms with Crippen molar-refractivity contribution in [2.24, 2.45) is 0 Å². The van der Waals surface area contributed by atoms with Crippen LogP contribution in [0, 0.1) is 0 Å². The lowest BCUT2D eigenvalue weighted by Gasteiger charge is -2.00. The van der Waals surface area contributed by atoms with E-state index in [2.05, 4.69) is 4.57 Å². The molecule has 6 heavy (non-hydrogen) atoms. The number of hydrogen-bond donors (Lipinski definition) is 0. The Morgan fingerprint density at radius 3 is 2.17 bits per heavy atom. The van der Waals surface area contributed by atoms with Crippen molar-refractivity contribution in [2.75, 3.05) is 19.6 Å². The zero-order valence-electron chi connectivity index (χ0n) is 4.03. The molecule has 36 valence electrons. The lowest BCUT2D eigenvalue weighted by Crippen LogP contribution is -2.18. The Morgan fingerprint density at radius 1 is 1.67 bits per heavy atom. The van der Waals surface area contributed by atoms with E-state index in [-0.39, 0.29) is 0 Å². The fourth-order valence-corrected chi connectivity index (χ4v) is 1.08. The molecule has 0 rings (SSSR count). The molecule has 0 aromatic carbocycles. The number of halogens is 1. The van der Waals surface area contributed by atoms with Crippen LogP contribution in [-0.4, -0.2) is 33.8 Å². The second-order valence-electron chi connectivity index (χ2n) is 1.19. The molecule has 0 bridgehead atoms. The van der Waals surface area contributed by atoms with Gasteiger partial charge in [0.1, 0.15) is 0 Å². The van der Waals surface area contributed by atoms with Gasteiger partial charge in [0.2, 0.25) is 0 Å². The topological polar surface area (TPSA) is 3.24 Å². The summed E-state index contributed by atoms with van der Waals surface area (Å²) < 4.78 is 2.08. The quantitative estimate of drug-likeness (QED) is 0.377. The highest BCUT2D eigenvalue weighted by molar-refractivity contribution is 6.47. The van der Waals surface area contributed by atoms with Crippen LogP contribution in [0.1, 0.15) is 0 Å².